The van der Waals surface area contributed by atoms with Crippen molar-refractivity contribution in [2.45, 2.75) is 20.3 Å². The molecular weight excluding hydrogens is 278 g/mol. The number of para-hydroxylation sites is 2. The van der Waals surface area contributed by atoms with Crippen LogP contribution >= 0.6 is 0 Å². The van der Waals surface area contributed by atoms with Gasteiger partial charge in [-0.2, -0.15) is 0 Å². The molecule has 0 fully saturated rings. The standard InChI is InChI=1S/C12H11N.C10H14/c1-3-7-11(8-4-1)13-12-9-5-2-6-10-12;1-9(2)8-10-6-4-3-5-7-10/h1-10,13H;3-7,9H,8H2,1-2H3. The molecule has 23 heavy (non-hydrogen) atoms. The first-order chi connectivity index (χ1) is 11.2. The fourth-order valence-corrected chi connectivity index (χ4v) is 2.30. The quantitative estimate of drug-likeness (QED) is 0.595. The Balaban J connectivity index is 0.000000174. The zero-order valence-electron chi connectivity index (χ0n) is 13.9. The van der Waals surface area contributed by atoms with Crippen molar-refractivity contribution in [3.8, 4) is 0 Å². The topological polar surface area (TPSA) is 12.0 Å². The van der Waals surface area contributed by atoms with Crippen molar-refractivity contribution in [3.63, 3.8) is 0 Å². The predicted molar refractivity (Wildman–Crippen MR) is 101 cm³/mol. The van der Waals surface area contributed by atoms with E-state index in [2.05, 4.69) is 49.5 Å². The second kappa shape index (κ2) is 9.47. The van der Waals surface area contributed by atoms with E-state index in [-0.39, 0.29) is 0 Å². The van der Waals surface area contributed by atoms with Crippen LogP contribution in [0, 0.1) is 5.92 Å². The number of hydrogen-bond donors (Lipinski definition) is 1. The highest BCUT2D eigenvalue weighted by atomic mass is 14.9. The highest BCUT2D eigenvalue weighted by molar-refractivity contribution is 5.58. The maximum Gasteiger partial charge on any atom is 0.0384 e. The summed E-state index contributed by atoms with van der Waals surface area (Å²) in [4.78, 5) is 0. The summed E-state index contributed by atoms with van der Waals surface area (Å²) in [6, 6.07) is 30.9. The second-order valence-corrected chi connectivity index (χ2v) is 5.94. The van der Waals surface area contributed by atoms with Crippen molar-refractivity contribution >= 4 is 11.4 Å². The van der Waals surface area contributed by atoms with E-state index in [0.29, 0.717) is 0 Å². The molecule has 0 saturated carbocycles. The molecule has 0 heterocycles. The van der Waals surface area contributed by atoms with E-state index in [9.17, 15) is 0 Å². The van der Waals surface area contributed by atoms with Crippen LogP contribution in [0.2, 0.25) is 0 Å². The minimum atomic E-state index is 0.766. The monoisotopic (exact) mass is 303 g/mol. The van der Waals surface area contributed by atoms with Gasteiger partial charge in [0.2, 0.25) is 0 Å². The Morgan fingerprint density at radius 1 is 0.609 bits per heavy atom. The van der Waals surface area contributed by atoms with Gasteiger partial charge in [-0.3, -0.25) is 0 Å². The van der Waals surface area contributed by atoms with Gasteiger partial charge in [-0.25, -0.2) is 0 Å². The SMILES string of the molecule is CC(C)Cc1ccccc1.c1ccc(Nc2ccccc2)cc1. The van der Waals surface area contributed by atoms with Gasteiger partial charge in [-0.1, -0.05) is 80.6 Å². The predicted octanol–water partition coefficient (Wildman–Crippen LogP) is 6.32. The maximum absolute atomic E-state index is 3.30. The van der Waals surface area contributed by atoms with E-state index in [1.165, 1.54) is 12.0 Å². The molecule has 3 rings (SSSR count). The molecule has 1 nitrogen and oxygen atoms in total. The van der Waals surface area contributed by atoms with Gasteiger partial charge in [0, 0.05) is 11.4 Å². The molecule has 0 aliphatic rings. The first kappa shape index (κ1) is 16.8. The van der Waals surface area contributed by atoms with Crippen LogP contribution in [0.15, 0.2) is 91.0 Å². The van der Waals surface area contributed by atoms with Crippen LogP contribution in [0.5, 0.6) is 0 Å². The molecule has 0 spiro atoms. The molecule has 0 radical (unpaired) electrons. The fraction of sp³-hybridized carbons (Fsp3) is 0.182. The van der Waals surface area contributed by atoms with Crippen molar-refractivity contribution in [2.24, 2.45) is 5.92 Å². The van der Waals surface area contributed by atoms with E-state index in [4.69, 9.17) is 0 Å². The van der Waals surface area contributed by atoms with Gasteiger partial charge in [0.25, 0.3) is 0 Å². The Kier molecular flexibility index (Phi) is 6.93. The zero-order chi connectivity index (χ0) is 16.3. The Morgan fingerprint density at radius 2 is 1.00 bits per heavy atom. The number of anilines is 2. The van der Waals surface area contributed by atoms with E-state index >= 15 is 0 Å². The molecule has 0 unspecified atom stereocenters. The van der Waals surface area contributed by atoms with Crippen LogP contribution in [0.4, 0.5) is 11.4 Å². The molecule has 0 atom stereocenters. The largest absolute Gasteiger partial charge is 0.356 e. The van der Waals surface area contributed by atoms with Crippen LogP contribution in [-0.4, -0.2) is 0 Å². The molecule has 3 aromatic carbocycles. The van der Waals surface area contributed by atoms with Gasteiger partial charge in [-0.05, 0) is 42.2 Å². The third-order valence-corrected chi connectivity index (χ3v) is 3.32. The minimum absolute atomic E-state index is 0.766. The average molecular weight is 303 g/mol. The van der Waals surface area contributed by atoms with Gasteiger partial charge in [0.15, 0.2) is 0 Å². The van der Waals surface area contributed by atoms with Crippen molar-refractivity contribution in [2.75, 3.05) is 5.32 Å². The molecule has 0 aromatic heterocycles. The van der Waals surface area contributed by atoms with Gasteiger partial charge >= 0.3 is 0 Å². The van der Waals surface area contributed by atoms with Crippen LogP contribution < -0.4 is 5.32 Å². The molecular formula is C22H25N. The molecule has 1 heteroatoms. The fourth-order valence-electron chi connectivity index (χ4n) is 2.30. The Hall–Kier alpha value is -2.54. The van der Waals surface area contributed by atoms with Crippen LogP contribution in [0.25, 0.3) is 0 Å². The van der Waals surface area contributed by atoms with Crippen LogP contribution in [0.1, 0.15) is 19.4 Å². The molecule has 0 amide bonds. The lowest BCUT2D eigenvalue weighted by molar-refractivity contribution is 0.647. The number of benzene rings is 3. The summed E-state index contributed by atoms with van der Waals surface area (Å²) in [6.45, 7) is 4.49. The molecule has 0 aliphatic carbocycles. The molecule has 3 aromatic rings. The first-order valence-corrected chi connectivity index (χ1v) is 8.15. The Morgan fingerprint density at radius 3 is 1.39 bits per heavy atom. The summed E-state index contributed by atoms with van der Waals surface area (Å²) in [6.07, 6.45) is 1.20. The van der Waals surface area contributed by atoms with E-state index in [1.54, 1.807) is 0 Å². The number of rotatable bonds is 4. The van der Waals surface area contributed by atoms with Gasteiger partial charge in [-0.15, -0.1) is 0 Å². The summed E-state index contributed by atoms with van der Waals surface area (Å²) in [5.74, 6) is 0.766. The van der Waals surface area contributed by atoms with Gasteiger partial charge in [0.05, 0.1) is 0 Å². The maximum atomic E-state index is 3.30. The Labute approximate surface area is 140 Å². The molecule has 0 saturated heterocycles. The molecule has 1 N–H and O–H groups in total. The Bertz CT molecular complexity index is 608. The highest BCUT2D eigenvalue weighted by Gasteiger charge is 1.94. The van der Waals surface area contributed by atoms with E-state index in [0.717, 1.165) is 17.3 Å². The van der Waals surface area contributed by atoms with Crippen LogP contribution in [0.3, 0.4) is 0 Å². The second-order valence-electron chi connectivity index (χ2n) is 5.94. The summed E-state index contributed by atoms with van der Waals surface area (Å²) < 4.78 is 0. The van der Waals surface area contributed by atoms with Crippen molar-refractivity contribution in [1.82, 2.24) is 0 Å². The normalized spacial score (nSPS) is 9.87. The summed E-state index contributed by atoms with van der Waals surface area (Å²) >= 11 is 0. The van der Waals surface area contributed by atoms with E-state index in [1.807, 2.05) is 60.7 Å². The van der Waals surface area contributed by atoms with Crippen LogP contribution in [-0.2, 0) is 6.42 Å². The minimum Gasteiger partial charge on any atom is -0.356 e. The number of hydrogen-bond acceptors (Lipinski definition) is 1. The smallest absolute Gasteiger partial charge is 0.0384 e. The molecule has 0 bridgehead atoms. The lowest BCUT2D eigenvalue weighted by atomic mass is 10.0. The van der Waals surface area contributed by atoms with Gasteiger partial charge in [0.1, 0.15) is 0 Å². The summed E-state index contributed by atoms with van der Waals surface area (Å²) in [5, 5.41) is 3.30. The van der Waals surface area contributed by atoms with Crippen molar-refractivity contribution in [3.05, 3.63) is 96.6 Å². The first-order valence-electron chi connectivity index (χ1n) is 8.15. The zero-order valence-corrected chi connectivity index (χ0v) is 13.9. The lowest BCUT2D eigenvalue weighted by Crippen LogP contribution is -1.92. The third kappa shape index (κ3) is 6.84. The van der Waals surface area contributed by atoms with E-state index < -0.39 is 0 Å². The third-order valence-electron chi connectivity index (χ3n) is 3.32. The highest BCUT2D eigenvalue weighted by Crippen LogP contribution is 2.14. The summed E-state index contributed by atoms with van der Waals surface area (Å²) in [7, 11) is 0. The number of nitrogens with one attached hydrogen (secondary N) is 1. The van der Waals surface area contributed by atoms with Crippen molar-refractivity contribution in [1.29, 1.82) is 0 Å². The molecule has 0 aliphatic heterocycles. The lowest BCUT2D eigenvalue weighted by Gasteiger charge is -2.04. The molecule has 118 valence electrons. The summed E-state index contributed by atoms with van der Waals surface area (Å²) in [5.41, 5.74) is 3.68. The average Bonchev–Trinajstić information content (AvgIpc) is 2.58. The van der Waals surface area contributed by atoms with Gasteiger partial charge < -0.3 is 5.32 Å². The van der Waals surface area contributed by atoms with Crippen molar-refractivity contribution < 1.29 is 0 Å².